The second kappa shape index (κ2) is 5.78. The van der Waals surface area contributed by atoms with Crippen molar-refractivity contribution in [3.05, 3.63) is 58.7 Å². The molecule has 21 heavy (non-hydrogen) atoms. The Bertz CT molecular complexity index is 652. The highest BCUT2D eigenvalue weighted by Gasteiger charge is 2.16. The molecular formula is C18H21NO2. The van der Waals surface area contributed by atoms with E-state index in [1.54, 1.807) is 0 Å². The Balaban J connectivity index is 1.96. The summed E-state index contributed by atoms with van der Waals surface area (Å²) in [5.41, 5.74) is 11.2. The lowest BCUT2D eigenvalue weighted by Crippen LogP contribution is -2.14. The number of ether oxygens (including phenoxy) is 2. The molecule has 3 heteroatoms. The zero-order valence-electron chi connectivity index (χ0n) is 12.6. The van der Waals surface area contributed by atoms with Crippen molar-refractivity contribution in [1.29, 1.82) is 0 Å². The fraction of sp³-hybridized carbons (Fsp3) is 0.333. The summed E-state index contributed by atoms with van der Waals surface area (Å²) < 4.78 is 11.4. The number of nitrogens with two attached hydrogens (primary N) is 1. The van der Waals surface area contributed by atoms with Crippen LogP contribution in [0.25, 0.3) is 0 Å². The van der Waals surface area contributed by atoms with Gasteiger partial charge in [-0.05, 0) is 48.2 Å². The molecule has 0 amide bonds. The summed E-state index contributed by atoms with van der Waals surface area (Å²) in [6.45, 7) is 5.62. The molecule has 0 fully saturated rings. The Hall–Kier alpha value is -2.00. The normalized spacial score (nSPS) is 15.4. The second-order valence-corrected chi connectivity index (χ2v) is 5.52. The van der Waals surface area contributed by atoms with Gasteiger partial charge >= 0.3 is 0 Å². The standard InChI is InChI=1S/C18H21NO2/c1-12-5-3-6-15(13(12)2)18(19)14-7-8-16-17(11-14)21-10-4-9-20-16/h3,5-8,11,18H,4,9-10,19H2,1-2H3. The molecule has 0 radical (unpaired) electrons. The molecule has 1 atom stereocenters. The van der Waals surface area contributed by atoms with Gasteiger partial charge < -0.3 is 15.2 Å². The summed E-state index contributed by atoms with van der Waals surface area (Å²) in [6.07, 6.45) is 0.910. The van der Waals surface area contributed by atoms with Crippen molar-refractivity contribution in [3.63, 3.8) is 0 Å². The van der Waals surface area contributed by atoms with Gasteiger partial charge in [-0.1, -0.05) is 24.3 Å². The largest absolute Gasteiger partial charge is 0.490 e. The quantitative estimate of drug-likeness (QED) is 0.917. The Morgan fingerprint density at radius 2 is 1.76 bits per heavy atom. The van der Waals surface area contributed by atoms with E-state index in [4.69, 9.17) is 15.2 Å². The van der Waals surface area contributed by atoms with Crippen LogP contribution in [-0.2, 0) is 0 Å². The van der Waals surface area contributed by atoms with Gasteiger partial charge in [-0.15, -0.1) is 0 Å². The third-order valence-corrected chi connectivity index (χ3v) is 4.11. The van der Waals surface area contributed by atoms with Gasteiger partial charge in [0.1, 0.15) is 0 Å². The Morgan fingerprint density at radius 1 is 1.00 bits per heavy atom. The van der Waals surface area contributed by atoms with Gasteiger partial charge in [0.25, 0.3) is 0 Å². The van der Waals surface area contributed by atoms with Crippen LogP contribution in [0.1, 0.15) is 34.7 Å². The lowest BCUT2D eigenvalue weighted by molar-refractivity contribution is 0.297. The highest BCUT2D eigenvalue weighted by Crippen LogP contribution is 2.34. The van der Waals surface area contributed by atoms with E-state index in [2.05, 4.69) is 32.0 Å². The maximum Gasteiger partial charge on any atom is 0.161 e. The molecule has 3 rings (SSSR count). The first-order valence-corrected chi connectivity index (χ1v) is 7.38. The van der Waals surface area contributed by atoms with Crippen LogP contribution in [0.3, 0.4) is 0 Å². The molecule has 2 aromatic carbocycles. The summed E-state index contributed by atoms with van der Waals surface area (Å²) in [5.74, 6) is 1.61. The first-order chi connectivity index (χ1) is 10.2. The van der Waals surface area contributed by atoms with Gasteiger partial charge in [-0.3, -0.25) is 0 Å². The summed E-state index contributed by atoms with van der Waals surface area (Å²) in [6, 6.07) is 12.1. The lowest BCUT2D eigenvalue weighted by Gasteiger charge is -2.18. The number of benzene rings is 2. The summed E-state index contributed by atoms with van der Waals surface area (Å²) >= 11 is 0. The predicted molar refractivity (Wildman–Crippen MR) is 84.0 cm³/mol. The molecule has 1 heterocycles. The van der Waals surface area contributed by atoms with Gasteiger partial charge in [-0.2, -0.15) is 0 Å². The van der Waals surface area contributed by atoms with Crippen molar-refractivity contribution in [2.45, 2.75) is 26.3 Å². The van der Waals surface area contributed by atoms with E-state index in [0.717, 1.165) is 29.0 Å². The smallest absolute Gasteiger partial charge is 0.161 e. The molecule has 3 nitrogen and oxygen atoms in total. The van der Waals surface area contributed by atoms with Crippen LogP contribution in [0.5, 0.6) is 11.5 Å². The molecule has 0 bridgehead atoms. The van der Waals surface area contributed by atoms with Crippen molar-refractivity contribution in [1.82, 2.24) is 0 Å². The maximum atomic E-state index is 6.46. The fourth-order valence-corrected chi connectivity index (χ4v) is 2.66. The lowest BCUT2D eigenvalue weighted by atomic mass is 9.93. The van der Waals surface area contributed by atoms with E-state index in [9.17, 15) is 0 Å². The summed E-state index contributed by atoms with van der Waals surface area (Å²) in [7, 11) is 0. The predicted octanol–water partition coefficient (Wildman–Crippen LogP) is 3.51. The Labute approximate surface area is 125 Å². The molecule has 1 aliphatic rings. The number of fused-ring (bicyclic) bond motifs is 1. The minimum atomic E-state index is -0.151. The third-order valence-electron chi connectivity index (χ3n) is 4.11. The molecule has 110 valence electrons. The van der Waals surface area contributed by atoms with Crippen molar-refractivity contribution in [2.24, 2.45) is 5.73 Å². The van der Waals surface area contributed by atoms with E-state index in [0.29, 0.717) is 13.2 Å². The topological polar surface area (TPSA) is 44.5 Å². The molecule has 0 aliphatic carbocycles. The number of rotatable bonds is 2. The second-order valence-electron chi connectivity index (χ2n) is 5.52. The molecule has 1 unspecified atom stereocenters. The first kappa shape index (κ1) is 14.0. The number of hydrogen-bond donors (Lipinski definition) is 1. The maximum absolute atomic E-state index is 6.46. The molecule has 2 N–H and O–H groups in total. The summed E-state index contributed by atoms with van der Waals surface area (Å²) in [4.78, 5) is 0. The van der Waals surface area contributed by atoms with Crippen LogP contribution in [-0.4, -0.2) is 13.2 Å². The highest BCUT2D eigenvalue weighted by molar-refractivity contribution is 5.47. The van der Waals surface area contributed by atoms with E-state index in [-0.39, 0.29) is 6.04 Å². The monoisotopic (exact) mass is 283 g/mol. The third kappa shape index (κ3) is 2.74. The Kier molecular flexibility index (Phi) is 3.84. The summed E-state index contributed by atoms with van der Waals surface area (Å²) in [5, 5.41) is 0. The molecule has 2 aromatic rings. The van der Waals surface area contributed by atoms with E-state index >= 15 is 0 Å². The fourth-order valence-electron chi connectivity index (χ4n) is 2.66. The van der Waals surface area contributed by atoms with Crippen molar-refractivity contribution in [3.8, 4) is 11.5 Å². The molecule has 0 saturated heterocycles. The molecular weight excluding hydrogens is 262 g/mol. The van der Waals surface area contributed by atoms with Crippen LogP contribution in [0.15, 0.2) is 36.4 Å². The van der Waals surface area contributed by atoms with Crippen molar-refractivity contribution >= 4 is 0 Å². The van der Waals surface area contributed by atoms with Crippen molar-refractivity contribution < 1.29 is 9.47 Å². The van der Waals surface area contributed by atoms with E-state index < -0.39 is 0 Å². The average molecular weight is 283 g/mol. The minimum absolute atomic E-state index is 0.151. The molecule has 0 spiro atoms. The van der Waals surface area contributed by atoms with Crippen LogP contribution >= 0.6 is 0 Å². The SMILES string of the molecule is Cc1cccc(C(N)c2ccc3c(c2)OCCCO3)c1C. The van der Waals surface area contributed by atoms with Crippen LogP contribution in [0.2, 0.25) is 0 Å². The van der Waals surface area contributed by atoms with Gasteiger partial charge in [0.05, 0.1) is 19.3 Å². The van der Waals surface area contributed by atoms with Gasteiger partial charge in [0.15, 0.2) is 11.5 Å². The molecule has 0 saturated carbocycles. The van der Waals surface area contributed by atoms with Crippen LogP contribution in [0.4, 0.5) is 0 Å². The van der Waals surface area contributed by atoms with Gasteiger partial charge in [-0.25, -0.2) is 0 Å². The average Bonchev–Trinajstić information content (AvgIpc) is 2.74. The Morgan fingerprint density at radius 3 is 2.57 bits per heavy atom. The zero-order chi connectivity index (χ0) is 14.8. The van der Waals surface area contributed by atoms with Gasteiger partial charge in [0.2, 0.25) is 0 Å². The van der Waals surface area contributed by atoms with Crippen molar-refractivity contribution in [2.75, 3.05) is 13.2 Å². The van der Waals surface area contributed by atoms with E-state index in [1.807, 2.05) is 18.2 Å². The minimum Gasteiger partial charge on any atom is -0.490 e. The van der Waals surface area contributed by atoms with Crippen LogP contribution < -0.4 is 15.2 Å². The molecule has 0 aromatic heterocycles. The van der Waals surface area contributed by atoms with Gasteiger partial charge in [0, 0.05) is 6.42 Å². The first-order valence-electron chi connectivity index (χ1n) is 7.38. The number of aryl methyl sites for hydroxylation is 1. The zero-order valence-corrected chi connectivity index (χ0v) is 12.6. The van der Waals surface area contributed by atoms with E-state index in [1.165, 1.54) is 11.1 Å². The molecule has 1 aliphatic heterocycles. The number of hydrogen-bond acceptors (Lipinski definition) is 3. The highest BCUT2D eigenvalue weighted by atomic mass is 16.5. The van der Waals surface area contributed by atoms with Crippen LogP contribution in [0, 0.1) is 13.8 Å².